The lowest BCUT2D eigenvalue weighted by molar-refractivity contribution is -0.133. The predicted molar refractivity (Wildman–Crippen MR) is 102 cm³/mol. The Morgan fingerprint density at radius 1 is 1.12 bits per heavy atom. The fourth-order valence-electron chi connectivity index (χ4n) is 3.77. The molecular formula is C18H26ClN3O3S. The van der Waals surface area contributed by atoms with Crippen molar-refractivity contribution >= 4 is 27.5 Å². The van der Waals surface area contributed by atoms with Crippen LogP contribution in [-0.4, -0.2) is 74.2 Å². The van der Waals surface area contributed by atoms with Crippen LogP contribution in [0.1, 0.15) is 25.7 Å². The van der Waals surface area contributed by atoms with E-state index >= 15 is 0 Å². The minimum absolute atomic E-state index is 0.142. The molecule has 8 heteroatoms. The van der Waals surface area contributed by atoms with Crippen LogP contribution < -0.4 is 0 Å². The summed E-state index contributed by atoms with van der Waals surface area (Å²) in [6.07, 6.45) is 5.13. The van der Waals surface area contributed by atoms with Crippen molar-refractivity contribution in [3.63, 3.8) is 0 Å². The second-order valence-electron chi connectivity index (χ2n) is 7.07. The Balaban J connectivity index is 1.55. The number of hydrogen-bond donors (Lipinski definition) is 0. The van der Waals surface area contributed by atoms with Crippen LogP contribution in [0.25, 0.3) is 0 Å². The maximum absolute atomic E-state index is 12.6. The van der Waals surface area contributed by atoms with Gasteiger partial charge in [0.1, 0.15) is 0 Å². The maximum Gasteiger partial charge on any atom is 0.243 e. The second-order valence-corrected chi connectivity index (χ2v) is 9.55. The SMILES string of the molecule is CN(CC(=O)N1CCN(C2CCCC2)CC1)S(=O)(=O)c1ccc(Cl)cc1. The van der Waals surface area contributed by atoms with E-state index in [1.54, 1.807) is 4.90 Å². The standard InChI is InChI=1S/C18H26ClN3O3S/c1-20(26(24,25)17-8-6-15(19)7-9-17)14-18(23)22-12-10-21(11-13-22)16-4-2-3-5-16/h6-9,16H,2-5,10-14H2,1H3. The molecule has 6 nitrogen and oxygen atoms in total. The minimum Gasteiger partial charge on any atom is -0.339 e. The summed E-state index contributed by atoms with van der Waals surface area (Å²) in [4.78, 5) is 16.9. The molecule has 144 valence electrons. The minimum atomic E-state index is -3.70. The van der Waals surface area contributed by atoms with Crippen LogP contribution >= 0.6 is 11.6 Å². The van der Waals surface area contributed by atoms with Gasteiger partial charge in [0.05, 0.1) is 11.4 Å². The quantitative estimate of drug-likeness (QED) is 0.760. The molecule has 1 aliphatic carbocycles. The van der Waals surface area contributed by atoms with E-state index in [-0.39, 0.29) is 17.3 Å². The van der Waals surface area contributed by atoms with Crippen LogP contribution in [0.15, 0.2) is 29.2 Å². The van der Waals surface area contributed by atoms with Gasteiger partial charge in [0.15, 0.2) is 0 Å². The van der Waals surface area contributed by atoms with Crippen molar-refractivity contribution in [2.75, 3.05) is 39.8 Å². The summed E-state index contributed by atoms with van der Waals surface area (Å²) < 4.78 is 26.3. The molecule has 1 saturated heterocycles. The number of hydrogen-bond acceptors (Lipinski definition) is 4. The lowest BCUT2D eigenvalue weighted by atomic mass is 10.2. The van der Waals surface area contributed by atoms with Crippen molar-refractivity contribution in [3.05, 3.63) is 29.3 Å². The highest BCUT2D eigenvalue weighted by molar-refractivity contribution is 7.89. The summed E-state index contributed by atoms with van der Waals surface area (Å²) in [5.74, 6) is -0.142. The molecular weight excluding hydrogens is 374 g/mol. The van der Waals surface area contributed by atoms with Gasteiger partial charge in [-0.1, -0.05) is 24.4 Å². The van der Waals surface area contributed by atoms with Crippen LogP contribution in [0.5, 0.6) is 0 Å². The smallest absolute Gasteiger partial charge is 0.243 e. The molecule has 1 amide bonds. The Kier molecular flexibility index (Phi) is 6.22. The fourth-order valence-corrected chi connectivity index (χ4v) is 5.01. The summed E-state index contributed by atoms with van der Waals surface area (Å²) in [6, 6.07) is 6.65. The number of rotatable bonds is 5. The third-order valence-electron chi connectivity index (χ3n) is 5.39. The number of carbonyl (C=O) groups excluding carboxylic acids is 1. The number of sulfonamides is 1. The van der Waals surface area contributed by atoms with Crippen molar-refractivity contribution in [1.82, 2.24) is 14.1 Å². The summed E-state index contributed by atoms with van der Waals surface area (Å²) in [6.45, 7) is 2.96. The highest BCUT2D eigenvalue weighted by atomic mass is 35.5. The molecule has 1 aromatic rings. The largest absolute Gasteiger partial charge is 0.339 e. The number of benzene rings is 1. The van der Waals surface area contributed by atoms with E-state index in [9.17, 15) is 13.2 Å². The average Bonchev–Trinajstić information content (AvgIpc) is 3.17. The van der Waals surface area contributed by atoms with Gasteiger partial charge in [0.2, 0.25) is 15.9 Å². The Bertz CT molecular complexity index is 725. The summed E-state index contributed by atoms with van der Waals surface area (Å²) in [5.41, 5.74) is 0. The number of nitrogens with zero attached hydrogens (tertiary/aromatic N) is 3. The number of amides is 1. The van der Waals surface area contributed by atoms with Crippen molar-refractivity contribution in [2.45, 2.75) is 36.6 Å². The number of carbonyl (C=O) groups is 1. The zero-order chi connectivity index (χ0) is 18.7. The summed E-state index contributed by atoms with van der Waals surface area (Å²) in [5, 5.41) is 0.475. The molecule has 2 fully saturated rings. The molecule has 0 radical (unpaired) electrons. The number of piperazine rings is 1. The first-order chi connectivity index (χ1) is 12.4. The average molecular weight is 400 g/mol. The van der Waals surface area contributed by atoms with Crippen LogP contribution in [0.4, 0.5) is 0 Å². The zero-order valence-electron chi connectivity index (χ0n) is 15.1. The molecule has 1 aromatic carbocycles. The van der Waals surface area contributed by atoms with Gasteiger partial charge in [-0.15, -0.1) is 0 Å². The first-order valence-electron chi connectivity index (χ1n) is 9.11. The first kappa shape index (κ1) is 19.6. The Morgan fingerprint density at radius 2 is 1.69 bits per heavy atom. The van der Waals surface area contributed by atoms with Gasteiger partial charge in [-0.25, -0.2) is 8.42 Å². The highest BCUT2D eigenvalue weighted by Crippen LogP contribution is 2.24. The third-order valence-corrected chi connectivity index (χ3v) is 7.46. The first-order valence-corrected chi connectivity index (χ1v) is 10.9. The monoisotopic (exact) mass is 399 g/mol. The van der Waals surface area contributed by atoms with E-state index < -0.39 is 10.0 Å². The molecule has 0 spiro atoms. The van der Waals surface area contributed by atoms with Crippen molar-refractivity contribution in [3.8, 4) is 0 Å². The summed E-state index contributed by atoms with van der Waals surface area (Å²) in [7, 11) is -2.26. The molecule has 1 heterocycles. The molecule has 1 aliphatic heterocycles. The van der Waals surface area contributed by atoms with Crippen LogP contribution in [0, 0.1) is 0 Å². The summed E-state index contributed by atoms with van der Waals surface area (Å²) >= 11 is 5.81. The molecule has 26 heavy (non-hydrogen) atoms. The van der Waals surface area contributed by atoms with Gasteiger partial charge in [0.25, 0.3) is 0 Å². The Morgan fingerprint density at radius 3 is 2.27 bits per heavy atom. The van der Waals surface area contributed by atoms with Crippen LogP contribution in [0.2, 0.25) is 5.02 Å². The molecule has 0 aromatic heterocycles. The third kappa shape index (κ3) is 4.39. The van der Waals surface area contributed by atoms with Crippen molar-refractivity contribution in [1.29, 1.82) is 0 Å². The highest BCUT2D eigenvalue weighted by Gasteiger charge is 2.30. The molecule has 3 rings (SSSR count). The second kappa shape index (κ2) is 8.25. The van der Waals surface area contributed by atoms with E-state index in [2.05, 4.69) is 4.90 Å². The Labute approximate surface area is 160 Å². The number of likely N-dealkylation sites (N-methyl/N-ethyl adjacent to an activating group) is 1. The molecule has 0 unspecified atom stereocenters. The van der Waals surface area contributed by atoms with Gasteiger partial charge in [-0.2, -0.15) is 4.31 Å². The van der Waals surface area contributed by atoms with Gasteiger partial charge in [0, 0.05) is 44.3 Å². The lowest BCUT2D eigenvalue weighted by Gasteiger charge is -2.38. The van der Waals surface area contributed by atoms with E-state index in [4.69, 9.17) is 11.6 Å². The van der Waals surface area contributed by atoms with E-state index in [1.807, 2.05) is 0 Å². The maximum atomic E-state index is 12.6. The molecule has 0 atom stereocenters. The van der Waals surface area contributed by atoms with Gasteiger partial charge in [-0.05, 0) is 37.1 Å². The molecule has 0 bridgehead atoms. The van der Waals surface area contributed by atoms with Crippen molar-refractivity contribution < 1.29 is 13.2 Å². The van der Waals surface area contributed by atoms with Crippen molar-refractivity contribution in [2.24, 2.45) is 0 Å². The van der Waals surface area contributed by atoms with Gasteiger partial charge in [-0.3, -0.25) is 9.69 Å². The molecule has 0 N–H and O–H groups in total. The number of halogens is 1. The topological polar surface area (TPSA) is 60.9 Å². The zero-order valence-corrected chi connectivity index (χ0v) is 16.7. The van der Waals surface area contributed by atoms with Gasteiger partial charge < -0.3 is 4.90 Å². The normalized spacial score (nSPS) is 20.0. The molecule has 1 saturated carbocycles. The lowest BCUT2D eigenvalue weighted by Crippen LogP contribution is -2.53. The Hall–Kier alpha value is -1.15. The van der Waals surface area contributed by atoms with Crippen LogP contribution in [-0.2, 0) is 14.8 Å². The van der Waals surface area contributed by atoms with Gasteiger partial charge >= 0.3 is 0 Å². The predicted octanol–water partition coefficient (Wildman–Crippen LogP) is 2.05. The van der Waals surface area contributed by atoms with E-state index in [0.717, 1.165) is 17.4 Å². The molecule has 2 aliphatic rings. The van der Waals surface area contributed by atoms with Crippen LogP contribution in [0.3, 0.4) is 0 Å². The fraction of sp³-hybridized carbons (Fsp3) is 0.611. The van der Waals surface area contributed by atoms with E-state index in [0.29, 0.717) is 24.2 Å². The van der Waals surface area contributed by atoms with E-state index in [1.165, 1.54) is 57.0 Å².